The van der Waals surface area contributed by atoms with Crippen molar-refractivity contribution < 1.29 is 9.59 Å². The van der Waals surface area contributed by atoms with Crippen molar-refractivity contribution in [2.75, 3.05) is 24.3 Å². The number of Topliss-reactive ketones (excluding diaryl/α,β-unsaturated/α-hetero) is 1. The number of hydrogen-bond donors (Lipinski definition) is 1. The van der Waals surface area contributed by atoms with E-state index in [0.29, 0.717) is 5.56 Å². The van der Waals surface area contributed by atoms with Gasteiger partial charge in [-0.3, -0.25) is 9.59 Å². The summed E-state index contributed by atoms with van der Waals surface area (Å²) in [6, 6.07) is 21.2. The second kappa shape index (κ2) is 7.83. The zero-order valence-corrected chi connectivity index (χ0v) is 15.0. The molecule has 0 aromatic heterocycles. The average molecular weight is 346 g/mol. The molecule has 3 aromatic rings. The molecule has 0 atom stereocenters. The number of carbonyl (C=O) groups is 2. The number of fused-ring (bicyclic) bond motifs is 1. The summed E-state index contributed by atoms with van der Waals surface area (Å²) in [5, 5.41) is 4.97. The highest BCUT2D eigenvalue weighted by atomic mass is 16.2. The molecule has 0 fully saturated rings. The summed E-state index contributed by atoms with van der Waals surface area (Å²) in [6.45, 7) is 0. The van der Waals surface area contributed by atoms with E-state index in [2.05, 4.69) is 5.32 Å². The largest absolute Gasteiger partial charge is 0.378 e. The molecule has 4 heteroatoms. The van der Waals surface area contributed by atoms with Crippen molar-refractivity contribution in [2.45, 2.75) is 12.8 Å². The normalized spacial score (nSPS) is 10.5. The minimum absolute atomic E-state index is 0.0196. The summed E-state index contributed by atoms with van der Waals surface area (Å²) >= 11 is 0. The highest BCUT2D eigenvalue weighted by Gasteiger charge is 2.10. The summed E-state index contributed by atoms with van der Waals surface area (Å²) in [5.74, 6) is -0.175. The van der Waals surface area contributed by atoms with Gasteiger partial charge in [-0.05, 0) is 41.1 Å². The summed E-state index contributed by atoms with van der Waals surface area (Å²) in [4.78, 5) is 26.5. The van der Waals surface area contributed by atoms with Crippen LogP contribution in [-0.2, 0) is 4.79 Å². The van der Waals surface area contributed by atoms with Crippen LogP contribution in [0.25, 0.3) is 10.8 Å². The average Bonchev–Trinajstić information content (AvgIpc) is 2.66. The van der Waals surface area contributed by atoms with E-state index in [-0.39, 0.29) is 24.5 Å². The number of nitrogens with zero attached hydrogens (tertiary/aromatic N) is 1. The number of rotatable bonds is 6. The second-order valence-electron chi connectivity index (χ2n) is 6.47. The first-order valence-corrected chi connectivity index (χ1v) is 8.62. The molecule has 132 valence electrons. The van der Waals surface area contributed by atoms with Crippen molar-refractivity contribution in [1.82, 2.24) is 0 Å². The van der Waals surface area contributed by atoms with Crippen LogP contribution in [0, 0.1) is 0 Å². The van der Waals surface area contributed by atoms with Crippen LogP contribution in [0.4, 0.5) is 11.4 Å². The molecule has 0 aliphatic heterocycles. The molecule has 0 radical (unpaired) electrons. The monoisotopic (exact) mass is 346 g/mol. The topological polar surface area (TPSA) is 49.4 Å². The second-order valence-corrected chi connectivity index (χ2v) is 6.47. The number of carbonyl (C=O) groups excluding carboxylic acids is 2. The number of ketones is 1. The fourth-order valence-corrected chi connectivity index (χ4v) is 2.80. The van der Waals surface area contributed by atoms with Crippen LogP contribution in [0.3, 0.4) is 0 Å². The summed E-state index contributed by atoms with van der Waals surface area (Å²) in [6.07, 6.45) is 0.362. The molecule has 1 amide bonds. The Labute approximate surface area is 153 Å². The molecule has 0 saturated heterocycles. The molecule has 0 spiro atoms. The maximum Gasteiger partial charge on any atom is 0.224 e. The predicted octanol–water partition coefficient (Wildman–Crippen LogP) is 4.51. The van der Waals surface area contributed by atoms with Gasteiger partial charge in [0.25, 0.3) is 0 Å². The Kier molecular flexibility index (Phi) is 5.32. The van der Waals surface area contributed by atoms with Gasteiger partial charge in [0.15, 0.2) is 5.78 Å². The minimum Gasteiger partial charge on any atom is -0.378 e. The van der Waals surface area contributed by atoms with Crippen LogP contribution in [0.5, 0.6) is 0 Å². The van der Waals surface area contributed by atoms with Crippen LogP contribution in [0.1, 0.15) is 23.2 Å². The lowest BCUT2D eigenvalue weighted by molar-refractivity contribution is -0.116. The molecule has 3 rings (SSSR count). The van der Waals surface area contributed by atoms with E-state index in [1.165, 1.54) is 0 Å². The van der Waals surface area contributed by atoms with E-state index >= 15 is 0 Å². The number of benzene rings is 3. The lowest BCUT2D eigenvalue weighted by Gasteiger charge is -2.13. The first-order valence-electron chi connectivity index (χ1n) is 8.62. The van der Waals surface area contributed by atoms with Gasteiger partial charge in [0.1, 0.15) is 0 Å². The van der Waals surface area contributed by atoms with Crippen molar-refractivity contribution in [3.63, 3.8) is 0 Å². The number of hydrogen-bond acceptors (Lipinski definition) is 3. The molecule has 0 saturated carbocycles. The van der Waals surface area contributed by atoms with Crippen molar-refractivity contribution in [3.8, 4) is 0 Å². The summed E-state index contributed by atoms with van der Waals surface area (Å²) in [5.41, 5.74) is 2.44. The summed E-state index contributed by atoms with van der Waals surface area (Å²) in [7, 11) is 3.93. The third-order valence-electron chi connectivity index (χ3n) is 4.32. The van der Waals surface area contributed by atoms with Crippen LogP contribution in [-0.4, -0.2) is 25.8 Å². The van der Waals surface area contributed by atoms with Crippen LogP contribution < -0.4 is 10.2 Å². The molecule has 0 unspecified atom stereocenters. The van der Waals surface area contributed by atoms with Gasteiger partial charge in [-0.2, -0.15) is 0 Å². The van der Waals surface area contributed by atoms with E-state index in [1.807, 2.05) is 85.7 Å². The van der Waals surface area contributed by atoms with E-state index in [4.69, 9.17) is 0 Å². The lowest BCUT2D eigenvalue weighted by atomic mass is 10.0. The molecular weight excluding hydrogens is 324 g/mol. The standard InChI is InChI=1S/C22H22N2O2/c1-24(2)20-11-9-19(10-12-20)23-22(26)14-13-21(25)18-8-7-16-5-3-4-6-17(16)15-18/h3-12,15H,13-14H2,1-2H3,(H,23,26). The SMILES string of the molecule is CN(C)c1ccc(NC(=O)CCC(=O)c2ccc3ccccc3c2)cc1. The Hall–Kier alpha value is -3.14. The Balaban J connectivity index is 1.57. The molecule has 0 bridgehead atoms. The zero-order chi connectivity index (χ0) is 18.5. The molecule has 0 heterocycles. The van der Waals surface area contributed by atoms with Gasteiger partial charge >= 0.3 is 0 Å². The van der Waals surface area contributed by atoms with Gasteiger partial charge in [0.05, 0.1) is 0 Å². The molecule has 0 aliphatic rings. The molecule has 1 N–H and O–H groups in total. The van der Waals surface area contributed by atoms with E-state index in [1.54, 1.807) is 0 Å². The van der Waals surface area contributed by atoms with Crippen LogP contribution in [0.2, 0.25) is 0 Å². The number of amides is 1. The van der Waals surface area contributed by atoms with Gasteiger partial charge in [-0.1, -0.05) is 36.4 Å². The highest BCUT2D eigenvalue weighted by Crippen LogP contribution is 2.18. The zero-order valence-electron chi connectivity index (χ0n) is 15.0. The molecule has 3 aromatic carbocycles. The third kappa shape index (κ3) is 4.28. The van der Waals surface area contributed by atoms with Crippen LogP contribution >= 0.6 is 0 Å². The van der Waals surface area contributed by atoms with Gasteiger partial charge in [0, 0.05) is 43.9 Å². The molecular formula is C22H22N2O2. The van der Waals surface area contributed by atoms with Crippen molar-refractivity contribution in [3.05, 3.63) is 72.3 Å². The molecule has 26 heavy (non-hydrogen) atoms. The smallest absolute Gasteiger partial charge is 0.224 e. The summed E-state index contributed by atoms with van der Waals surface area (Å²) < 4.78 is 0. The predicted molar refractivity (Wildman–Crippen MR) is 107 cm³/mol. The van der Waals surface area contributed by atoms with Gasteiger partial charge < -0.3 is 10.2 Å². The van der Waals surface area contributed by atoms with Crippen molar-refractivity contribution in [1.29, 1.82) is 0 Å². The molecule has 4 nitrogen and oxygen atoms in total. The van der Waals surface area contributed by atoms with Gasteiger partial charge in [-0.25, -0.2) is 0 Å². The quantitative estimate of drug-likeness (QED) is 0.668. The van der Waals surface area contributed by atoms with Gasteiger partial charge in [-0.15, -0.1) is 0 Å². The van der Waals surface area contributed by atoms with Crippen molar-refractivity contribution in [2.24, 2.45) is 0 Å². The first-order chi connectivity index (χ1) is 12.5. The van der Waals surface area contributed by atoms with E-state index < -0.39 is 0 Å². The van der Waals surface area contributed by atoms with E-state index in [9.17, 15) is 9.59 Å². The minimum atomic E-state index is -0.156. The Morgan fingerprint density at radius 2 is 1.54 bits per heavy atom. The maximum absolute atomic E-state index is 12.4. The Morgan fingerprint density at radius 3 is 2.23 bits per heavy atom. The fourth-order valence-electron chi connectivity index (χ4n) is 2.80. The maximum atomic E-state index is 12.4. The lowest BCUT2D eigenvalue weighted by Crippen LogP contribution is -2.14. The van der Waals surface area contributed by atoms with Gasteiger partial charge in [0.2, 0.25) is 5.91 Å². The Morgan fingerprint density at radius 1 is 0.846 bits per heavy atom. The van der Waals surface area contributed by atoms with E-state index in [0.717, 1.165) is 22.1 Å². The number of anilines is 2. The first kappa shape index (κ1) is 17.7. The highest BCUT2D eigenvalue weighted by molar-refractivity contribution is 6.02. The molecule has 0 aliphatic carbocycles. The fraction of sp³-hybridized carbons (Fsp3) is 0.182. The third-order valence-corrected chi connectivity index (χ3v) is 4.32. The Bertz CT molecular complexity index is 930. The van der Waals surface area contributed by atoms with Crippen molar-refractivity contribution >= 4 is 33.8 Å². The van der Waals surface area contributed by atoms with Crippen LogP contribution in [0.15, 0.2) is 66.7 Å². The number of nitrogens with one attached hydrogen (secondary N) is 1.